The largest absolute Gasteiger partial charge is 0.497 e. The zero-order chi connectivity index (χ0) is 19.7. The van der Waals surface area contributed by atoms with E-state index in [-0.39, 0.29) is 0 Å². The van der Waals surface area contributed by atoms with Crippen LogP contribution in [-0.2, 0) is 26.1 Å². The Labute approximate surface area is 175 Å². The van der Waals surface area contributed by atoms with Crippen LogP contribution in [0.1, 0.15) is 28.3 Å². The molecule has 0 N–H and O–H groups in total. The molecule has 6 heteroatoms. The maximum absolute atomic E-state index is 6.37. The van der Waals surface area contributed by atoms with E-state index in [1.165, 1.54) is 11.3 Å². The van der Waals surface area contributed by atoms with Crippen LogP contribution in [0.25, 0.3) is 0 Å². The van der Waals surface area contributed by atoms with Gasteiger partial charge in [-0.3, -0.25) is 4.90 Å². The van der Waals surface area contributed by atoms with Crippen molar-refractivity contribution in [2.75, 3.05) is 13.7 Å². The molecule has 4 nitrogen and oxygen atoms in total. The van der Waals surface area contributed by atoms with E-state index in [4.69, 9.17) is 32.9 Å². The van der Waals surface area contributed by atoms with Gasteiger partial charge in [-0.05, 0) is 48.4 Å². The van der Waals surface area contributed by atoms with Crippen molar-refractivity contribution >= 4 is 23.2 Å². The number of nitrogens with zero attached hydrogens (tertiary/aromatic N) is 3. The zero-order valence-electron chi connectivity index (χ0n) is 16.1. The molecule has 1 aromatic heterocycles. The van der Waals surface area contributed by atoms with Crippen molar-refractivity contribution in [2.24, 2.45) is 0 Å². The quantitative estimate of drug-likeness (QED) is 0.579. The molecule has 0 unspecified atom stereocenters. The average Bonchev–Trinajstić information content (AvgIpc) is 3.00. The normalized spacial score (nSPS) is 14.1. The number of methoxy groups -OCH3 is 1. The second-order valence-electron chi connectivity index (χ2n) is 7.18. The maximum Gasteiger partial charge on any atom is 0.118 e. The van der Waals surface area contributed by atoms with E-state index in [0.29, 0.717) is 11.6 Å². The van der Waals surface area contributed by atoms with Gasteiger partial charge in [-0.15, -0.1) is 0 Å². The Morgan fingerprint density at radius 3 is 2.61 bits per heavy atom. The summed E-state index contributed by atoms with van der Waals surface area (Å²) in [6, 6.07) is 13.9. The number of benzene rings is 2. The smallest absolute Gasteiger partial charge is 0.118 e. The third-order valence-electron chi connectivity index (χ3n) is 5.29. The maximum atomic E-state index is 6.37. The number of aryl methyl sites for hydroxylation is 1. The second kappa shape index (κ2) is 8.16. The summed E-state index contributed by atoms with van der Waals surface area (Å²) in [5.74, 6) is 1.91. The van der Waals surface area contributed by atoms with Gasteiger partial charge in [-0.2, -0.15) is 0 Å². The molecule has 0 aliphatic carbocycles. The number of hydrogen-bond acceptors (Lipinski definition) is 3. The highest BCUT2D eigenvalue weighted by atomic mass is 35.5. The first-order valence-corrected chi connectivity index (χ1v) is 10.1. The molecule has 0 saturated heterocycles. The minimum atomic E-state index is 0.700. The summed E-state index contributed by atoms with van der Waals surface area (Å²) in [7, 11) is 1.69. The Bertz CT molecular complexity index is 982. The van der Waals surface area contributed by atoms with Crippen LogP contribution in [0.4, 0.5) is 0 Å². The van der Waals surface area contributed by atoms with Crippen LogP contribution in [0.15, 0.2) is 42.5 Å². The second-order valence-corrected chi connectivity index (χ2v) is 8.03. The average molecular weight is 416 g/mol. The first kappa shape index (κ1) is 19.3. The lowest BCUT2D eigenvalue weighted by atomic mass is 10.1. The van der Waals surface area contributed by atoms with E-state index in [2.05, 4.69) is 28.5 Å². The van der Waals surface area contributed by atoms with Gasteiger partial charge in [0.15, 0.2) is 0 Å². The third-order valence-corrected chi connectivity index (χ3v) is 5.89. The fourth-order valence-corrected chi connectivity index (χ4v) is 4.17. The SMILES string of the molecule is COc1ccc(CN2CCc3c(nc(C)n3Cc3cc(Cl)ccc3Cl)C2)cc1. The highest BCUT2D eigenvalue weighted by molar-refractivity contribution is 6.33. The van der Waals surface area contributed by atoms with Crippen LogP contribution in [0.2, 0.25) is 10.0 Å². The molecular weight excluding hydrogens is 393 g/mol. The topological polar surface area (TPSA) is 30.3 Å². The fraction of sp³-hybridized carbons (Fsp3) is 0.318. The molecule has 28 heavy (non-hydrogen) atoms. The van der Waals surface area contributed by atoms with E-state index < -0.39 is 0 Å². The number of fused-ring (bicyclic) bond motifs is 1. The molecule has 0 fully saturated rings. The lowest BCUT2D eigenvalue weighted by Gasteiger charge is -2.27. The highest BCUT2D eigenvalue weighted by Gasteiger charge is 2.23. The molecule has 0 saturated carbocycles. The molecule has 0 atom stereocenters. The molecule has 0 bridgehead atoms. The number of imidazole rings is 1. The molecule has 2 heterocycles. The van der Waals surface area contributed by atoms with Crippen molar-refractivity contribution < 1.29 is 4.74 Å². The van der Waals surface area contributed by atoms with Crippen molar-refractivity contribution in [1.82, 2.24) is 14.5 Å². The highest BCUT2D eigenvalue weighted by Crippen LogP contribution is 2.26. The minimum absolute atomic E-state index is 0.700. The van der Waals surface area contributed by atoms with Crippen molar-refractivity contribution in [3.05, 3.63) is 80.8 Å². The van der Waals surface area contributed by atoms with E-state index in [9.17, 15) is 0 Å². The zero-order valence-corrected chi connectivity index (χ0v) is 17.6. The molecule has 2 aromatic carbocycles. The molecule has 1 aliphatic rings. The molecule has 0 radical (unpaired) electrons. The number of ether oxygens (including phenoxy) is 1. The summed E-state index contributed by atoms with van der Waals surface area (Å²) >= 11 is 12.5. The van der Waals surface area contributed by atoms with Crippen molar-refractivity contribution in [2.45, 2.75) is 33.0 Å². The summed E-state index contributed by atoms with van der Waals surface area (Å²) in [4.78, 5) is 7.28. The lowest BCUT2D eigenvalue weighted by Crippen LogP contribution is -2.31. The first-order valence-electron chi connectivity index (χ1n) is 9.37. The minimum Gasteiger partial charge on any atom is -0.497 e. The Morgan fingerprint density at radius 1 is 1.07 bits per heavy atom. The predicted octanol–water partition coefficient (Wildman–Crippen LogP) is 5.11. The van der Waals surface area contributed by atoms with Crippen molar-refractivity contribution in [1.29, 1.82) is 0 Å². The number of rotatable bonds is 5. The van der Waals surface area contributed by atoms with Gasteiger partial charge >= 0.3 is 0 Å². The van der Waals surface area contributed by atoms with Crippen LogP contribution in [0.5, 0.6) is 5.75 Å². The predicted molar refractivity (Wildman–Crippen MR) is 113 cm³/mol. The van der Waals surface area contributed by atoms with Crippen LogP contribution < -0.4 is 4.74 Å². The van der Waals surface area contributed by atoms with Crippen molar-refractivity contribution in [3.63, 3.8) is 0 Å². The molecule has 1 aliphatic heterocycles. The van der Waals surface area contributed by atoms with Gasteiger partial charge in [0, 0.05) is 41.8 Å². The standard InChI is InChI=1S/C22H23Cl2N3O/c1-15-25-21-14-26(12-16-3-6-19(28-2)7-4-16)10-9-22(21)27(15)13-17-11-18(23)5-8-20(17)24/h3-8,11H,9-10,12-14H2,1-2H3. The Kier molecular flexibility index (Phi) is 5.63. The first-order chi connectivity index (χ1) is 13.5. The van der Waals surface area contributed by atoms with Crippen LogP contribution >= 0.6 is 23.2 Å². The van der Waals surface area contributed by atoms with Gasteiger partial charge in [0.05, 0.1) is 19.3 Å². The molecule has 0 spiro atoms. The molecular formula is C22H23Cl2N3O. The number of hydrogen-bond donors (Lipinski definition) is 0. The monoisotopic (exact) mass is 415 g/mol. The molecule has 4 rings (SSSR count). The van der Waals surface area contributed by atoms with Gasteiger partial charge in [0.25, 0.3) is 0 Å². The van der Waals surface area contributed by atoms with Crippen molar-refractivity contribution in [3.8, 4) is 5.75 Å². The van der Waals surface area contributed by atoms with Gasteiger partial charge in [-0.1, -0.05) is 35.3 Å². The fourth-order valence-electron chi connectivity index (χ4n) is 3.80. The van der Waals surface area contributed by atoms with E-state index in [1.54, 1.807) is 7.11 Å². The van der Waals surface area contributed by atoms with E-state index >= 15 is 0 Å². The van der Waals surface area contributed by atoms with Crippen LogP contribution in [0, 0.1) is 6.92 Å². The summed E-state index contributed by atoms with van der Waals surface area (Å²) in [5.41, 5.74) is 4.78. The summed E-state index contributed by atoms with van der Waals surface area (Å²) in [6.45, 7) is 5.54. The third kappa shape index (κ3) is 4.04. The van der Waals surface area contributed by atoms with Crippen LogP contribution in [0.3, 0.4) is 0 Å². The summed E-state index contributed by atoms with van der Waals surface area (Å²) in [6.07, 6.45) is 0.977. The lowest BCUT2D eigenvalue weighted by molar-refractivity contribution is 0.239. The number of halogens is 2. The Balaban J connectivity index is 1.51. The summed E-state index contributed by atoms with van der Waals surface area (Å²) < 4.78 is 7.52. The van der Waals surface area contributed by atoms with E-state index in [0.717, 1.165) is 53.9 Å². The van der Waals surface area contributed by atoms with Gasteiger partial charge in [0.1, 0.15) is 11.6 Å². The molecule has 0 amide bonds. The van der Waals surface area contributed by atoms with Gasteiger partial charge in [0.2, 0.25) is 0 Å². The number of aromatic nitrogens is 2. The molecule has 3 aromatic rings. The Hall–Kier alpha value is -2.01. The Morgan fingerprint density at radius 2 is 1.86 bits per heavy atom. The van der Waals surface area contributed by atoms with Crippen LogP contribution in [-0.4, -0.2) is 28.1 Å². The van der Waals surface area contributed by atoms with Gasteiger partial charge < -0.3 is 9.30 Å². The van der Waals surface area contributed by atoms with Gasteiger partial charge in [-0.25, -0.2) is 4.98 Å². The van der Waals surface area contributed by atoms with E-state index in [1.807, 2.05) is 30.3 Å². The molecule has 146 valence electrons. The summed E-state index contributed by atoms with van der Waals surface area (Å²) in [5, 5.41) is 1.44.